The topological polar surface area (TPSA) is 101 Å². The number of morpholine rings is 1. The van der Waals surface area contributed by atoms with Gasteiger partial charge in [-0.2, -0.15) is 10.4 Å². The third-order valence-electron chi connectivity index (χ3n) is 6.67. The second-order valence-corrected chi connectivity index (χ2v) is 8.85. The molecule has 0 radical (unpaired) electrons. The molecule has 1 saturated carbocycles. The number of ether oxygens (including phenoxy) is 2. The van der Waals surface area contributed by atoms with Crippen LogP contribution in [0.1, 0.15) is 37.7 Å². The van der Waals surface area contributed by atoms with Crippen LogP contribution in [0.25, 0.3) is 5.52 Å². The van der Waals surface area contributed by atoms with E-state index in [1.807, 2.05) is 12.3 Å². The molecule has 4 aliphatic rings. The molecule has 3 aromatic heterocycles. The van der Waals surface area contributed by atoms with Crippen molar-refractivity contribution in [2.45, 2.75) is 56.5 Å². The lowest BCUT2D eigenvalue weighted by atomic mass is 9.93. The van der Waals surface area contributed by atoms with Gasteiger partial charge in [0.2, 0.25) is 5.95 Å². The lowest BCUT2D eigenvalue weighted by Crippen LogP contribution is -2.57. The van der Waals surface area contributed by atoms with Crippen molar-refractivity contribution in [1.29, 1.82) is 5.26 Å². The molecule has 3 saturated heterocycles. The number of nitrogens with one attached hydrogen (secondary N) is 1. The molecule has 6 heterocycles. The summed E-state index contributed by atoms with van der Waals surface area (Å²) in [5, 5.41) is 17.4. The maximum atomic E-state index is 9.58. The third kappa shape index (κ3) is 3.60. The van der Waals surface area contributed by atoms with Crippen LogP contribution in [0.4, 0.5) is 11.6 Å². The molecule has 2 atom stereocenters. The highest BCUT2D eigenvalue weighted by Gasteiger charge is 2.38. The summed E-state index contributed by atoms with van der Waals surface area (Å²) in [5.74, 6) is 1.41. The van der Waals surface area contributed by atoms with Gasteiger partial charge in [-0.3, -0.25) is 0 Å². The SMILES string of the molecule is N#Cc1cnn2cc(N3CC4CC(C3)O4)cc(OC3CCC(Nc4ncccn4)CC3)c12. The lowest BCUT2D eigenvalue weighted by molar-refractivity contribution is -0.133. The third-order valence-corrected chi connectivity index (χ3v) is 6.67. The van der Waals surface area contributed by atoms with Crippen LogP contribution in [0.2, 0.25) is 0 Å². The minimum atomic E-state index is 0.100. The fraction of sp³-hybridized carbons (Fsp3) is 0.478. The zero-order valence-corrected chi connectivity index (χ0v) is 17.7. The van der Waals surface area contributed by atoms with Crippen LogP contribution in [-0.2, 0) is 4.74 Å². The Hall–Kier alpha value is -3.38. The average Bonchev–Trinajstić information content (AvgIpc) is 3.24. The predicted octanol–water partition coefficient (Wildman–Crippen LogP) is 2.78. The summed E-state index contributed by atoms with van der Waals surface area (Å²) in [4.78, 5) is 10.9. The van der Waals surface area contributed by atoms with Gasteiger partial charge in [0, 0.05) is 44.0 Å². The van der Waals surface area contributed by atoms with Crippen molar-refractivity contribution in [3.8, 4) is 11.8 Å². The van der Waals surface area contributed by atoms with E-state index >= 15 is 0 Å². The fourth-order valence-electron chi connectivity index (χ4n) is 5.04. The van der Waals surface area contributed by atoms with Crippen molar-refractivity contribution in [2.75, 3.05) is 23.3 Å². The Balaban J connectivity index is 1.20. The van der Waals surface area contributed by atoms with Gasteiger partial charge >= 0.3 is 0 Å². The van der Waals surface area contributed by atoms with Gasteiger partial charge in [-0.25, -0.2) is 14.5 Å². The van der Waals surface area contributed by atoms with Gasteiger partial charge in [0.25, 0.3) is 0 Å². The number of nitrogens with zero attached hydrogens (tertiary/aromatic N) is 6. The Kier molecular flexibility index (Phi) is 4.80. The largest absolute Gasteiger partial charge is 0.488 e. The van der Waals surface area contributed by atoms with E-state index in [1.165, 1.54) is 0 Å². The van der Waals surface area contributed by atoms with E-state index in [0.29, 0.717) is 29.8 Å². The summed E-state index contributed by atoms with van der Waals surface area (Å²) in [6.45, 7) is 1.76. The van der Waals surface area contributed by atoms with Crippen LogP contribution in [0.5, 0.6) is 5.75 Å². The van der Waals surface area contributed by atoms with Crippen LogP contribution >= 0.6 is 0 Å². The van der Waals surface area contributed by atoms with E-state index < -0.39 is 0 Å². The normalized spacial score (nSPS) is 26.9. The molecule has 7 rings (SSSR count). The maximum Gasteiger partial charge on any atom is 0.222 e. The molecule has 1 N–H and O–H groups in total. The number of anilines is 2. The Morgan fingerprint density at radius 2 is 1.88 bits per heavy atom. The van der Waals surface area contributed by atoms with E-state index in [2.05, 4.69) is 37.4 Å². The summed E-state index contributed by atoms with van der Waals surface area (Å²) >= 11 is 0. The van der Waals surface area contributed by atoms with Gasteiger partial charge in [0.15, 0.2) is 0 Å². The Labute approximate surface area is 186 Å². The minimum Gasteiger partial charge on any atom is -0.488 e. The van der Waals surface area contributed by atoms with Gasteiger partial charge in [-0.15, -0.1) is 0 Å². The first-order chi connectivity index (χ1) is 15.7. The minimum absolute atomic E-state index is 0.100. The highest BCUT2D eigenvalue weighted by atomic mass is 16.5. The molecular weight excluding hydrogens is 406 g/mol. The molecule has 4 fully saturated rings. The Morgan fingerprint density at radius 1 is 1.12 bits per heavy atom. The highest BCUT2D eigenvalue weighted by molar-refractivity contribution is 5.72. The summed E-state index contributed by atoms with van der Waals surface area (Å²) in [5.41, 5.74) is 2.34. The molecule has 3 aliphatic heterocycles. The van der Waals surface area contributed by atoms with Crippen LogP contribution < -0.4 is 15.0 Å². The van der Waals surface area contributed by atoms with E-state index in [-0.39, 0.29) is 6.10 Å². The number of hydrogen-bond donors (Lipinski definition) is 1. The number of pyridine rings is 1. The number of hydrogen-bond acceptors (Lipinski definition) is 8. The van der Waals surface area contributed by atoms with Crippen LogP contribution in [0.15, 0.2) is 36.9 Å². The first-order valence-electron chi connectivity index (χ1n) is 11.3. The monoisotopic (exact) mass is 431 g/mol. The smallest absolute Gasteiger partial charge is 0.222 e. The predicted molar refractivity (Wildman–Crippen MR) is 118 cm³/mol. The number of aromatic nitrogens is 4. The molecule has 0 aromatic carbocycles. The van der Waals surface area contributed by atoms with Gasteiger partial charge in [-0.05, 0) is 31.7 Å². The van der Waals surface area contributed by atoms with Crippen molar-refractivity contribution in [2.24, 2.45) is 0 Å². The molecule has 9 heteroatoms. The molecule has 32 heavy (non-hydrogen) atoms. The van der Waals surface area contributed by atoms with Crippen molar-refractivity contribution >= 4 is 17.2 Å². The quantitative estimate of drug-likeness (QED) is 0.658. The fourth-order valence-corrected chi connectivity index (χ4v) is 5.04. The average molecular weight is 432 g/mol. The van der Waals surface area contributed by atoms with Crippen molar-refractivity contribution in [3.63, 3.8) is 0 Å². The molecule has 0 spiro atoms. The number of rotatable bonds is 5. The molecular formula is C23H25N7O2. The lowest BCUT2D eigenvalue weighted by Gasteiger charge is -2.48. The number of nitriles is 1. The molecule has 2 unspecified atom stereocenters. The van der Waals surface area contributed by atoms with Crippen molar-refractivity contribution in [3.05, 3.63) is 42.5 Å². The molecule has 0 amide bonds. The Bertz CT molecular complexity index is 1130. The zero-order chi connectivity index (χ0) is 21.5. The summed E-state index contributed by atoms with van der Waals surface area (Å²) in [6, 6.07) is 6.49. The number of fused-ring (bicyclic) bond motifs is 3. The zero-order valence-electron chi connectivity index (χ0n) is 17.7. The summed E-state index contributed by atoms with van der Waals surface area (Å²) in [6.07, 6.45) is 12.8. The molecule has 9 nitrogen and oxygen atoms in total. The van der Waals surface area contributed by atoms with E-state index in [9.17, 15) is 5.26 Å². The highest BCUT2D eigenvalue weighted by Crippen LogP contribution is 2.36. The van der Waals surface area contributed by atoms with Crippen LogP contribution in [-0.4, -0.2) is 57.0 Å². The van der Waals surface area contributed by atoms with Crippen molar-refractivity contribution < 1.29 is 9.47 Å². The molecule has 164 valence electrons. The second-order valence-electron chi connectivity index (χ2n) is 8.85. The molecule has 2 bridgehead atoms. The van der Waals surface area contributed by atoms with Gasteiger partial charge in [0.1, 0.15) is 22.9 Å². The van der Waals surface area contributed by atoms with Crippen molar-refractivity contribution in [1.82, 2.24) is 19.6 Å². The first kappa shape index (κ1) is 19.3. The second kappa shape index (κ2) is 7.95. The van der Waals surface area contributed by atoms with Crippen LogP contribution in [0.3, 0.4) is 0 Å². The van der Waals surface area contributed by atoms with Gasteiger partial charge in [-0.1, -0.05) is 0 Å². The molecule has 3 aromatic rings. The van der Waals surface area contributed by atoms with E-state index in [0.717, 1.165) is 62.1 Å². The first-order valence-corrected chi connectivity index (χ1v) is 11.3. The number of piperidine rings is 1. The molecule has 1 aliphatic carbocycles. The Morgan fingerprint density at radius 3 is 2.59 bits per heavy atom. The van der Waals surface area contributed by atoms with E-state index in [4.69, 9.17) is 9.47 Å². The maximum absolute atomic E-state index is 9.58. The van der Waals surface area contributed by atoms with Gasteiger partial charge in [0.05, 0.1) is 36.4 Å². The van der Waals surface area contributed by atoms with Crippen LogP contribution in [0, 0.1) is 11.3 Å². The van der Waals surface area contributed by atoms with Gasteiger partial charge < -0.3 is 19.7 Å². The van der Waals surface area contributed by atoms with E-state index in [1.54, 1.807) is 23.1 Å². The standard InChI is InChI=1S/C23H25N7O2/c24-10-15-11-27-30-12-17(29-13-19-9-20(14-29)31-19)8-21(22(15)30)32-18-4-2-16(3-5-18)28-23-25-6-1-7-26-23/h1,6-8,11-12,16,18-20H,2-5,9,13-14H2,(H,25,26,28). The summed E-state index contributed by atoms with van der Waals surface area (Å²) < 4.78 is 14.1. The summed E-state index contributed by atoms with van der Waals surface area (Å²) in [7, 11) is 0.